The normalized spacial score (nSPS) is 23.0. The van der Waals surface area contributed by atoms with Crippen molar-refractivity contribution in [3.05, 3.63) is 18.2 Å². The molecule has 2 aliphatic rings. The van der Waals surface area contributed by atoms with Crippen molar-refractivity contribution in [2.45, 2.75) is 44.9 Å². The maximum Gasteiger partial charge on any atom is 0.250 e. The van der Waals surface area contributed by atoms with Crippen molar-refractivity contribution in [2.75, 3.05) is 20.1 Å². The molecule has 3 heterocycles. The Morgan fingerprint density at radius 2 is 2.09 bits per heavy atom. The first-order chi connectivity index (χ1) is 11.0. The number of nitrogens with zero attached hydrogens (tertiary/aromatic N) is 3. The Morgan fingerprint density at radius 3 is 2.70 bits per heavy atom. The summed E-state index contributed by atoms with van der Waals surface area (Å²) in [6.07, 6.45) is 4.44. The number of likely N-dealkylation sites (N-methyl/N-ethyl adjacent to an activating group) is 1. The highest BCUT2D eigenvalue weighted by Crippen LogP contribution is 2.40. The van der Waals surface area contributed by atoms with Crippen molar-refractivity contribution in [1.82, 2.24) is 19.8 Å². The standard InChI is InChI=1S/C16H24N4O3/c1-11(2)14(22)19-7-4-16(5-8-19)15-18-6-9-20(15)10-12(23-16)13(21)17-3/h6,9,11-12H,4-5,7-8,10H2,1-3H3,(H,17,21). The summed E-state index contributed by atoms with van der Waals surface area (Å²) < 4.78 is 8.21. The molecule has 0 saturated carbocycles. The fourth-order valence-corrected chi connectivity index (χ4v) is 3.49. The van der Waals surface area contributed by atoms with Gasteiger partial charge in [0.15, 0.2) is 6.10 Å². The van der Waals surface area contributed by atoms with Gasteiger partial charge in [-0.25, -0.2) is 4.98 Å². The van der Waals surface area contributed by atoms with Crippen molar-refractivity contribution in [2.24, 2.45) is 5.92 Å². The van der Waals surface area contributed by atoms with Gasteiger partial charge in [-0.15, -0.1) is 0 Å². The van der Waals surface area contributed by atoms with Gasteiger partial charge < -0.3 is 19.5 Å². The molecule has 23 heavy (non-hydrogen) atoms. The maximum absolute atomic E-state index is 12.2. The van der Waals surface area contributed by atoms with E-state index in [1.165, 1.54) is 0 Å². The lowest BCUT2D eigenvalue weighted by Gasteiger charge is -2.45. The predicted molar refractivity (Wildman–Crippen MR) is 83.5 cm³/mol. The highest BCUT2D eigenvalue weighted by atomic mass is 16.5. The Kier molecular flexibility index (Phi) is 4.14. The molecule has 0 aromatic carbocycles. The molecule has 1 spiro atoms. The molecule has 1 saturated heterocycles. The van der Waals surface area contributed by atoms with E-state index in [0.29, 0.717) is 32.5 Å². The van der Waals surface area contributed by atoms with Crippen LogP contribution in [0.25, 0.3) is 0 Å². The number of carbonyl (C=O) groups excluding carboxylic acids is 2. The number of aromatic nitrogens is 2. The minimum Gasteiger partial charge on any atom is -0.357 e. The summed E-state index contributed by atoms with van der Waals surface area (Å²) in [6.45, 7) is 5.57. The lowest BCUT2D eigenvalue weighted by atomic mass is 9.88. The Balaban J connectivity index is 1.82. The average molecular weight is 320 g/mol. The zero-order valence-electron chi connectivity index (χ0n) is 13.9. The number of imidazole rings is 1. The SMILES string of the molecule is CNC(=O)C1Cn2ccnc2C2(CCN(C(=O)C(C)C)CC2)O1. The molecule has 1 aromatic rings. The number of hydrogen-bond donors (Lipinski definition) is 1. The van der Waals surface area contributed by atoms with Gasteiger partial charge in [-0.2, -0.15) is 0 Å². The molecule has 1 unspecified atom stereocenters. The topological polar surface area (TPSA) is 76.5 Å². The first-order valence-electron chi connectivity index (χ1n) is 8.16. The van der Waals surface area contributed by atoms with Crippen molar-refractivity contribution in [3.8, 4) is 0 Å². The second-order valence-corrected chi connectivity index (χ2v) is 6.60. The molecule has 2 amide bonds. The average Bonchev–Trinajstić information content (AvgIpc) is 3.03. The Labute approximate surface area is 136 Å². The van der Waals surface area contributed by atoms with Crippen LogP contribution in [0.5, 0.6) is 0 Å². The lowest BCUT2D eigenvalue weighted by Crippen LogP contribution is -2.54. The maximum atomic E-state index is 12.2. The van der Waals surface area contributed by atoms with E-state index in [1.807, 2.05) is 29.5 Å². The highest BCUT2D eigenvalue weighted by molar-refractivity contribution is 5.80. The highest BCUT2D eigenvalue weighted by Gasteiger charge is 2.47. The van der Waals surface area contributed by atoms with E-state index in [0.717, 1.165) is 5.82 Å². The van der Waals surface area contributed by atoms with Crippen molar-refractivity contribution in [3.63, 3.8) is 0 Å². The molecule has 1 atom stereocenters. The molecule has 7 nitrogen and oxygen atoms in total. The number of likely N-dealkylation sites (tertiary alicyclic amines) is 1. The monoisotopic (exact) mass is 320 g/mol. The first-order valence-corrected chi connectivity index (χ1v) is 8.16. The Hall–Kier alpha value is -1.89. The summed E-state index contributed by atoms with van der Waals surface area (Å²) in [7, 11) is 1.62. The fraction of sp³-hybridized carbons (Fsp3) is 0.688. The van der Waals surface area contributed by atoms with Crippen molar-refractivity contribution >= 4 is 11.8 Å². The van der Waals surface area contributed by atoms with Gasteiger partial charge in [0, 0.05) is 51.3 Å². The summed E-state index contributed by atoms with van der Waals surface area (Å²) in [4.78, 5) is 30.6. The van der Waals surface area contributed by atoms with E-state index in [1.54, 1.807) is 13.2 Å². The van der Waals surface area contributed by atoms with Crippen LogP contribution in [0.2, 0.25) is 0 Å². The molecule has 0 radical (unpaired) electrons. The van der Waals surface area contributed by atoms with E-state index in [9.17, 15) is 9.59 Å². The zero-order chi connectivity index (χ0) is 16.6. The first kappa shape index (κ1) is 16.0. The number of carbonyl (C=O) groups is 2. The van der Waals surface area contributed by atoms with Gasteiger partial charge in [0.25, 0.3) is 5.91 Å². The van der Waals surface area contributed by atoms with E-state index in [4.69, 9.17) is 4.74 Å². The van der Waals surface area contributed by atoms with Gasteiger partial charge in [-0.3, -0.25) is 9.59 Å². The summed E-state index contributed by atoms with van der Waals surface area (Å²) in [5.41, 5.74) is -0.577. The summed E-state index contributed by atoms with van der Waals surface area (Å²) in [5, 5.41) is 2.66. The van der Waals surface area contributed by atoms with E-state index in [-0.39, 0.29) is 17.7 Å². The van der Waals surface area contributed by atoms with Gasteiger partial charge in [-0.1, -0.05) is 13.8 Å². The summed E-state index contributed by atoms with van der Waals surface area (Å²) in [5.74, 6) is 0.914. The summed E-state index contributed by atoms with van der Waals surface area (Å²) >= 11 is 0. The Morgan fingerprint density at radius 1 is 1.39 bits per heavy atom. The smallest absolute Gasteiger partial charge is 0.250 e. The van der Waals surface area contributed by atoms with Crippen molar-refractivity contribution in [1.29, 1.82) is 0 Å². The molecular weight excluding hydrogens is 296 g/mol. The molecule has 0 bridgehead atoms. The number of amides is 2. The van der Waals surface area contributed by atoms with Crippen LogP contribution in [0.1, 0.15) is 32.5 Å². The lowest BCUT2D eigenvalue weighted by molar-refractivity contribution is -0.176. The van der Waals surface area contributed by atoms with Gasteiger partial charge in [0.2, 0.25) is 5.91 Å². The van der Waals surface area contributed by atoms with Gasteiger partial charge in [0.1, 0.15) is 11.4 Å². The molecule has 1 fully saturated rings. The second-order valence-electron chi connectivity index (χ2n) is 6.60. The van der Waals surface area contributed by atoms with E-state index in [2.05, 4.69) is 10.3 Å². The summed E-state index contributed by atoms with van der Waals surface area (Å²) in [6, 6.07) is 0. The van der Waals surface area contributed by atoms with Crippen LogP contribution in [0.15, 0.2) is 12.4 Å². The third-order valence-corrected chi connectivity index (χ3v) is 4.77. The number of ether oxygens (including phenoxy) is 1. The molecule has 7 heteroatoms. The van der Waals surface area contributed by atoms with Crippen LogP contribution in [0.4, 0.5) is 0 Å². The number of hydrogen-bond acceptors (Lipinski definition) is 4. The predicted octanol–water partition coefficient (Wildman–Crippen LogP) is 0.502. The molecule has 0 aliphatic carbocycles. The minimum absolute atomic E-state index is 0.00284. The van der Waals surface area contributed by atoms with Crippen LogP contribution in [0.3, 0.4) is 0 Å². The van der Waals surface area contributed by atoms with Crippen molar-refractivity contribution < 1.29 is 14.3 Å². The van der Waals surface area contributed by atoms with Gasteiger partial charge >= 0.3 is 0 Å². The third kappa shape index (κ3) is 2.73. The second kappa shape index (κ2) is 5.96. The van der Waals surface area contributed by atoms with E-state index < -0.39 is 11.7 Å². The molecular formula is C16H24N4O3. The molecule has 1 aromatic heterocycles. The number of rotatable bonds is 2. The minimum atomic E-state index is -0.577. The fourth-order valence-electron chi connectivity index (χ4n) is 3.49. The van der Waals surface area contributed by atoms with Crippen LogP contribution in [-0.2, 0) is 26.5 Å². The Bertz CT molecular complexity index is 602. The number of fused-ring (bicyclic) bond motifs is 2. The van der Waals surface area contributed by atoms with E-state index >= 15 is 0 Å². The van der Waals surface area contributed by atoms with Gasteiger partial charge in [-0.05, 0) is 0 Å². The third-order valence-electron chi connectivity index (χ3n) is 4.77. The van der Waals surface area contributed by atoms with Crippen LogP contribution >= 0.6 is 0 Å². The zero-order valence-corrected chi connectivity index (χ0v) is 13.9. The van der Waals surface area contributed by atoms with Crippen LogP contribution < -0.4 is 5.32 Å². The largest absolute Gasteiger partial charge is 0.357 e. The van der Waals surface area contributed by atoms with Gasteiger partial charge in [0.05, 0.1) is 6.54 Å². The quantitative estimate of drug-likeness (QED) is 0.861. The molecule has 1 N–H and O–H groups in total. The van der Waals surface area contributed by atoms with Crippen LogP contribution in [0, 0.1) is 5.92 Å². The number of piperidine rings is 1. The molecule has 3 rings (SSSR count). The van der Waals surface area contributed by atoms with Crippen LogP contribution in [-0.4, -0.2) is 52.5 Å². The number of nitrogens with one attached hydrogen (secondary N) is 1. The molecule has 126 valence electrons. The molecule has 2 aliphatic heterocycles.